The molecule has 88 valence electrons. The maximum absolute atomic E-state index is 11.4. The third kappa shape index (κ3) is 1.78. The van der Waals surface area contributed by atoms with Crippen LogP contribution in [-0.2, 0) is 6.61 Å². The van der Waals surface area contributed by atoms with Crippen molar-refractivity contribution in [3.63, 3.8) is 0 Å². The Kier molecular flexibility index (Phi) is 2.64. The zero-order valence-electron chi connectivity index (χ0n) is 8.93. The van der Waals surface area contributed by atoms with E-state index in [0.29, 0.717) is 16.6 Å². The number of aryl methyl sites for hydroxylation is 1. The van der Waals surface area contributed by atoms with Gasteiger partial charge in [-0.1, -0.05) is 0 Å². The second-order valence-electron chi connectivity index (χ2n) is 3.52. The SMILES string of the molecule is Cc1ncc(CO)c2cc(C(=O)O)c(=O)oc12. The van der Waals surface area contributed by atoms with Crippen LogP contribution in [0.1, 0.15) is 21.6 Å². The fourth-order valence-electron chi connectivity index (χ4n) is 1.56. The average Bonchev–Trinajstić information content (AvgIpc) is 2.29. The molecule has 0 amide bonds. The number of aromatic carboxylic acids is 1. The van der Waals surface area contributed by atoms with Crippen LogP contribution >= 0.6 is 0 Å². The predicted octanol–water partition coefficient (Wildman–Crippen LogP) is 0.687. The summed E-state index contributed by atoms with van der Waals surface area (Å²) in [4.78, 5) is 26.2. The molecule has 6 heteroatoms. The summed E-state index contributed by atoms with van der Waals surface area (Å²) in [6.45, 7) is 1.32. The highest BCUT2D eigenvalue weighted by Crippen LogP contribution is 2.20. The summed E-state index contributed by atoms with van der Waals surface area (Å²) in [5, 5.41) is 18.3. The van der Waals surface area contributed by atoms with Gasteiger partial charge in [-0.2, -0.15) is 0 Å². The zero-order chi connectivity index (χ0) is 12.6. The van der Waals surface area contributed by atoms with Gasteiger partial charge in [0, 0.05) is 17.1 Å². The average molecular weight is 235 g/mol. The van der Waals surface area contributed by atoms with E-state index in [2.05, 4.69) is 4.98 Å². The van der Waals surface area contributed by atoms with Crippen LogP contribution < -0.4 is 5.63 Å². The molecule has 0 aromatic carbocycles. The van der Waals surface area contributed by atoms with Gasteiger partial charge in [-0.25, -0.2) is 9.59 Å². The molecule has 6 nitrogen and oxygen atoms in total. The number of aliphatic hydroxyl groups is 1. The highest BCUT2D eigenvalue weighted by molar-refractivity contribution is 5.92. The first-order chi connectivity index (χ1) is 8.04. The van der Waals surface area contributed by atoms with Gasteiger partial charge in [-0.3, -0.25) is 4.98 Å². The second-order valence-corrected chi connectivity index (χ2v) is 3.52. The number of hydrogen-bond donors (Lipinski definition) is 2. The molecule has 2 heterocycles. The van der Waals surface area contributed by atoms with Crippen molar-refractivity contribution in [2.75, 3.05) is 0 Å². The van der Waals surface area contributed by atoms with Crippen LogP contribution in [0.5, 0.6) is 0 Å². The maximum atomic E-state index is 11.4. The fourth-order valence-corrected chi connectivity index (χ4v) is 1.56. The number of fused-ring (bicyclic) bond motifs is 1. The van der Waals surface area contributed by atoms with Crippen LogP contribution in [-0.4, -0.2) is 21.2 Å². The molecule has 0 aliphatic rings. The number of pyridine rings is 1. The first kappa shape index (κ1) is 11.3. The number of nitrogens with zero attached hydrogens (tertiary/aromatic N) is 1. The highest BCUT2D eigenvalue weighted by Gasteiger charge is 2.15. The van der Waals surface area contributed by atoms with E-state index in [1.165, 1.54) is 12.3 Å². The molecule has 2 aromatic heterocycles. The van der Waals surface area contributed by atoms with Gasteiger partial charge < -0.3 is 14.6 Å². The van der Waals surface area contributed by atoms with Crippen LogP contribution in [0.4, 0.5) is 0 Å². The van der Waals surface area contributed by atoms with Crippen molar-refractivity contribution in [1.29, 1.82) is 0 Å². The third-order valence-corrected chi connectivity index (χ3v) is 2.44. The van der Waals surface area contributed by atoms with Crippen LogP contribution in [0.2, 0.25) is 0 Å². The minimum atomic E-state index is -1.36. The van der Waals surface area contributed by atoms with Gasteiger partial charge in [0.2, 0.25) is 0 Å². The smallest absolute Gasteiger partial charge is 0.351 e. The Hall–Kier alpha value is -2.21. The molecule has 17 heavy (non-hydrogen) atoms. The van der Waals surface area contributed by atoms with Gasteiger partial charge in [-0.05, 0) is 13.0 Å². The first-order valence-electron chi connectivity index (χ1n) is 4.81. The van der Waals surface area contributed by atoms with Crippen molar-refractivity contribution >= 4 is 16.9 Å². The van der Waals surface area contributed by atoms with Crippen LogP contribution in [0, 0.1) is 6.92 Å². The number of carboxylic acids is 1. The second kappa shape index (κ2) is 3.99. The molecule has 0 radical (unpaired) electrons. The first-order valence-corrected chi connectivity index (χ1v) is 4.81. The molecule has 0 saturated carbocycles. The van der Waals surface area contributed by atoms with E-state index >= 15 is 0 Å². The third-order valence-electron chi connectivity index (χ3n) is 2.44. The summed E-state index contributed by atoms with van der Waals surface area (Å²) in [6.07, 6.45) is 1.42. The highest BCUT2D eigenvalue weighted by atomic mass is 16.4. The van der Waals surface area contributed by atoms with E-state index in [0.717, 1.165) is 0 Å². The van der Waals surface area contributed by atoms with E-state index in [1.807, 2.05) is 0 Å². The number of carboxylic acid groups (broad SMARTS) is 1. The van der Waals surface area contributed by atoms with E-state index < -0.39 is 17.2 Å². The Morgan fingerprint density at radius 3 is 2.82 bits per heavy atom. The van der Waals surface area contributed by atoms with Crippen molar-refractivity contribution in [2.45, 2.75) is 13.5 Å². The largest absolute Gasteiger partial charge is 0.477 e. The fraction of sp³-hybridized carbons (Fsp3) is 0.182. The molecule has 0 aliphatic carbocycles. The minimum Gasteiger partial charge on any atom is -0.477 e. The van der Waals surface area contributed by atoms with Crippen molar-refractivity contribution in [1.82, 2.24) is 4.98 Å². The molecular formula is C11H9NO5. The number of carbonyl (C=O) groups is 1. The van der Waals surface area contributed by atoms with Crippen LogP contribution in [0.15, 0.2) is 21.5 Å². The van der Waals surface area contributed by atoms with Gasteiger partial charge in [0.25, 0.3) is 0 Å². The Balaban J connectivity index is 2.92. The number of hydrogen-bond acceptors (Lipinski definition) is 5. The van der Waals surface area contributed by atoms with Crippen molar-refractivity contribution in [3.05, 3.63) is 39.5 Å². The van der Waals surface area contributed by atoms with Crippen molar-refractivity contribution in [2.24, 2.45) is 0 Å². The van der Waals surface area contributed by atoms with Gasteiger partial charge in [0.15, 0.2) is 5.58 Å². The lowest BCUT2D eigenvalue weighted by molar-refractivity contribution is 0.0692. The molecule has 2 rings (SSSR count). The predicted molar refractivity (Wildman–Crippen MR) is 57.9 cm³/mol. The quantitative estimate of drug-likeness (QED) is 0.794. The molecule has 0 aliphatic heterocycles. The van der Waals surface area contributed by atoms with Crippen LogP contribution in [0.25, 0.3) is 11.0 Å². The summed E-state index contributed by atoms with van der Waals surface area (Å²) in [5.41, 5.74) is -0.308. The monoisotopic (exact) mass is 235 g/mol. The number of aliphatic hydroxyl groups excluding tert-OH is 1. The Bertz CT molecular complexity index is 659. The lowest BCUT2D eigenvalue weighted by Crippen LogP contribution is -2.13. The van der Waals surface area contributed by atoms with Gasteiger partial charge >= 0.3 is 11.6 Å². The van der Waals surface area contributed by atoms with Gasteiger partial charge in [0.05, 0.1) is 12.3 Å². The summed E-state index contributed by atoms with van der Waals surface area (Å²) in [7, 11) is 0. The van der Waals surface area contributed by atoms with Gasteiger partial charge in [-0.15, -0.1) is 0 Å². The minimum absolute atomic E-state index is 0.201. The van der Waals surface area contributed by atoms with Crippen molar-refractivity contribution < 1.29 is 19.4 Å². The molecule has 0 fully saturated rings. The molecular weight excluding hydrogens is 226 g/mol. The maximum Gasteiger partial charge on any atom is 0.351 e. The molecule has 2 aromatic rings. The molecule has 2 N–H and O–H groups in total. The molecule has 0 spiro atoms. The van der Waals surface area contributed by atoms with E-state index in [9.17, 15) is 9.59 Å². The molecule has 0 atom stereocenters. The normalized spacial score (nSPS) is 10.7. The van der Waals surface area contributed by atoms with E-state index in [1.54, 1.807) is 6.92 Å². The van der Waals surface area contributed by atoms with Gasteiger partial charge in [0.1, 0.15) is 5.56 Å². The standard InChI is InChI=1S/C11H9NO5/c1-5-9-7(6(4-13)3-12-5)2-8(10(14)15)11(16)17-9/h2-3,13H,4H2,1H3,(H,14,15). The zero-order valence-corrected chi connectivity index (χ0v) is 8.93. The summed E-state index contributed by atoms with van der Waals surface area (Å²) in [5.74, 6) is -1.36. The number of rotatable bonds is 2. The summed E-state index contributed by atoms with van der Waals surface area (Å²) in [6, 6.07) is 1.20. The van der Waals surface area contributed by atoms with E-state index in [-0.39, 0.29) is 12.2 Å². The summed E-state index contributed by atoms with van der Waals surface area (Å²) >= 11 is 0. The molecule has 0 saturated heterocycles. The lowest BCUT2D eigenvalue weighted by Gasteiger charge is -2.05. The summed E-state index contributed by atoms with van der Waals surface area (Å²) < 4.78 is 4.92. The Morgan fingerprint density at radius 2 is 2.24 bits per heavy atom. The van der Waals surface area contributed by atoms with Crippen LogP contribution in [0.3, 0.4) is 0 Å². The van der Waals surface area contributed by atoms with Crippen molar-refractivity contribution in [3.8, 4) is 0 Å². The molecule has 0 bridgehead atoms. The Morgan fingerprint density at radius 1 is 1.53 bits per heavy atom. The number of aromatic nitrogens is 1. The van der Waals surface area contributed by atoms with E-state index in [4.69, 9.17) is 14.6 Å². The lowest BCUT2D eigenvalue weighted by atomic mass is 10.1. The Labute approximate surface area is 95.1 Å². The topological polar surface area (TPSA) is 101 Å². The molecule has 0 unspecified atom stereocenters.